The Hall–Kier alpha value is -2.16. The summed E-state index contributed by atoms with van der Waals surface area (Å²) < 4.78 is 1.80. The van der Waals surface area contributed by atoms with Crippen LogP contribution in [0.4, 0.5) is 0 Å². The molecule has 1 aromatic carbocycles. The lowest BCUT2D eigenvalue weighted by atomic mass is 10.1. The maximum absolute atomic E-state index is 4.38. The summed E-state index contributed by atoms with van der Waals surface area (Å²) in [6, 6.07) is 12.2. The van der Waals surface area contributed by atoms with Crippen LogP contribution < -0.4 is 0 Å². The average molecular weight is 209 g/mol. The highest BCUT2D eigenvalue weighted by Crippen LogP contribution is 2.21. The fraction of sp³-hybridized carbons (Fsp3) is 0.0769. The van der Waals surface area contributed by atoms with Gasteiger partial charge in [0, 0.05) is 30.4 Å². The van der Waals surface area contributed by atoms with Gasteiger partial charge in [-0.05, 0) is 18.2 Å². The molecule has 0 saturated heterocycles. The van der Waals surface area contributed by atoms with Crippen molar-refractivity contribution in [2.75, 3.05) is 0 Å². The standard InChI is InChI=1S/C13H11N3/c1-16-8-6-12(15-16)11-5-4-10-3-2-7-14-13(10)9-11/h2-9H,1H3. The van der Waals surface area contributed by atoms with Gasteiger partial charge in [-0.1, -0.05) is 18.2 Å². The van der Waals surface area contributed by atoms with Crippen molar-refractivity contribution in [1.82, 2.24) is 14.8 Å². The van der Waals surface area contributed by atoms with Crippen molar-refractivity contribution in [2.45, 2.75) is 0 Å². The molecular weight excluding hydrogens is 198 g/mol. The Morgan fingerprint density at radius 3 is 2.88 bits per heavy atom. The fourth-order valence-corrected chi connectivity index (χ4v) is 1.79. The van der Waals surface area contributed by atoms with Gasteiger partial charge >= 0.3 is 0 Å². The van der Waals surface area contributed by atoms with Crippen molar-refractivity contribution in [1.29, 1.82) is 0 Å². The van der Waals surface area contributed by atoms with Gasteiger partial charge < -0.3 is 0 Å². The molecule has 0 saturated carbocycles. The first-order chi connectivity index (χ1) is 7.83. The normalized spacial score (nSPS) is 10.8. The fourth-order valence-electron chi connectivity index (χ4n) is 1.79. The van der Waals surface area contributed by atoms with Crippen LogP contribution in [0.3, 0.4) is 0 Å². The second kappa shape index (κ2) is 3.45. The molecule has 3 heteroatoms. The summed E-state index contributed by atoms with van der Waals surface area (Å²) in [7, 11) is 1.92. The molecule has 3 rings (SSSR count). The van der Waals surface area contributed by atoms with Crippen LogP contribution >= 0.6 is 0 Å². The van der Waals surface area contributed by atoms with Crippen molar-refractivity contribution in [2.24, 2.45) is 7.05 Å². The minimum atomic E-state index is 0.982. The number of fused-ring (bicyclic) bond motifs is 1. The third kappa shape index (κ3) is 1.46. The molecule has 16 heavy (non-hydrogen) atoms. The Balaban J connectivity index is 2.18. The molecular formula is C13H11N3. The summed E-state index contributed by atoms with van der Waals surface area (Å²) >= 11 is 0. The molecule has 0 aliphatic rings. The van der Waals surface area contributed by atoms with Crippen molar-refractivity contribution in [3.8, 4) is 11.3 Å². The minimum absolute atomic E-state index is 0.982. The van der Waals surface area contributed by atoms with Crippen molar-refractivity contribution < 1.29 is 0 Å². The van der Waals surface area contributed by atoms with E-state index in [9.17, 15) is 0 Å². The number of nitrogens with zero attached hydrogens (tertiary/aromatic N) is 3. The van der Waals surface area contributed by atoms with Crippen LogP contribution in [0.25, 0.3) is 22.2 Å². The molecule has 0 spiro atoms. The largest absolute Gasteiger partial charge is 0.275 e. The highest BCUT2D eigenvalue weighted by atomic mass is 15.2. The van der Waals surface area contributed by atoms with E-state index in [2.05, 4.69) is 34.3 Å². The van der Waals surface area contributed by atoms with Crippen LogP contribution in [0.15, 0.2) is 48.8 Å². The van der Waals surface area contributed by atoms with Gasteiger partial charge in [-0.3, -0.25) is 9.67 Å². The van der Waals surface area contributed by atoms with Crippen LogP contribution in [-0.2, 0) is 7.05 Å². The van der Waals surface area contributed by atoms with E-state index in [1.165, 1.54) is 0 Å². The zero-order valence-corrected chi connectivity index (χ0v) is 8.96. The topological polar surface area (TPSA) is 30.7 Å². The number of hydrogen-bond acceptors (Lipinski definition) is 2. The van der Waals surface area contributed by atoms with Gasteiger partial charge in [0.25, 0.3) is 0 Å². The lowest BCUT2D eigenvalue weighted by molar-refractivity contribution is 0.771. The van der Waals surface area contributed by atoms with E-state index in [0.29, 0.717) is 0 Å². The first kappa shape index (κ1) is 9.09. The zero-order valence-electron chi connectivity index (χ0n) is 8.96. The predicted molar refractivity (Wildman–Crippen MR) is 63.9 cm³/mol. The highest BCUT2D eigenvalue weighted by Gasteiger charge is 2.02. The van der Waals surface area contributed by atoms with Gasteiger partial charge in [-0.15, -0.1) is 0 Å². The first-order valence-corrected chi connectivity index (χ1v) is 5.18. The van der Waals surface area contributed by atoms with Crippen molar-refractivity contribution in [3.05, 3.63) is 48.8 Å². The quantitative estimate of drug-likeness (QED) is 0.616. The van der Waals surface area contributed by atoms with Gasteiger partial charge in [0.1, 0.15) is 0 Å². The number of pyridine rings is 1. The molecule has 0 N–H and O–H groups in total. The molecule has 78 valence electrons. The van der Waals surface area contributed by atoms with Gasteiger partial charge in [0.05, 0.1) is 11.2 Å². The van der Waals surface area contributed by atoms with E-state index in [1.807, 2.05) is 31.6 Å². The molecule has 2 aromatic heterocycles. The molecule has 0 bridgehead atoms. The van der Waals surface area contributed by atoms with E-state index < -0.39 is 0 Å². The number of benzene rings is 1. The monoisotopic (exact) mass is 209 g/mol. The Bertz CT molecular complexity index is 640. The smallest absolute Gasteiger partial charge is 0.0923 e. The third-order valence-electron chi connectivity index (χ3n) is 2.62. The number of hydrogen-bond donors (Lipinski definition) is 0. The average Bonchev–Trinajstić information content (AvgIpc) is 2.75. The van der Waals surface area contributed by atoms with Crippen LogP contribution in [0, 0.1) is 0 Å². The Labute approximate surface area is 93.4 Å². The molecule has 0 atom stereocenters. The third-order valence-corrected chi connectivity index (χ3v) is 2.62. The van der Waals surface area contributed by atoms with Crippen molar-refractivity contribution >= 4 is 10.9 Å². The van der Waals surface area contributed by atoms with E-state index in [-0.39, 0.29) is 0 Å². The summed E-state index contributed by atoms with van der Waals surface area (Å²) in [6.45, 7) is 0. The predicted octanol–water partition coefficient (Wildman–Crippen LogP) is 2.64. The molecule has 3 aromatic rings. The maximum Gasteiger partial charge on any atom is 0.0923 e. The highest BCUT2D eigenvalue weighted by molar-refractivity contribution is 5.83. The molecule has 2 heterocycles. The number of aryl methyl sites for hydroxylation is 1. The van der Waals surface area contributed by atoms with Crippen molar-refractivity contribution in [3.63, 3.8) is 0 Å². The molecule has 0 unspecified atom stereocenters. The summed E-state index contributed by atoms with van der Waals surface area (Å²) in [6.07, 6.45) is 3.75. The number of rotatable bonds is 1. The van der Waals surface area contributed by atoms with E-state index in [0.717, 1.165) is 22.2 Å². The van der Waals surface area contributed by atoms with Gasteiger partial charge in [-0.2, -0.15) is 5.10 Å². The van der Waals surface area contributed by atoms with Crippen LogP contribution in [0.2, 0.25) is 0 Å². The van der Waals surface area contributed by atoms with Gasteiger partial charge in [0.2, 0.25) is 0 Å². The molecule has 3 nitrogen and oxygen atoms in total. The number of aromatic nitrogens is 3. The minimum Gasteiger partial charge on any atom is -0.275 e. The summed E-state index contributed by atoms with van der Waals surface area (Å²) in [4.78, 5) is 4.34. The first-order valence-electron chi connectivity index (χ1n) is 5.18. The summed E-state index contributed by atoms with van der Waals surface area (Å²) in [5, 5.41) is 5.53. The zero-order chi connectivity index (χ0) is 11.0. The van der Waals surface area contributed by atoms with E-state index in [4.69, 9.17) is 0 Å². The van der Waals surface area contributed by atoms with Gasteiger partial charge in [-0.25, -0.2) is 0 Å². The van der Waals surface area contributed by atoms with Crippen LogP contribution in [0.1, 0.15) is 0 Å². The molecule has 0 aliphatic carbocycles. The Morgan fingerprint density at radius 2 is 2.06 bits per heavy atom. The van der Waals surface area contributed by atoms with Gasteiger partial charge in [0.15, 0.2) is 0 Å². The Morgan fingerprint density at radius 1 is 1.12 bits per heavy atom. The molecule has 0 amide bonds. The second-order valence-electron chi connectivity index (χ2n) is 3.79. The Kier molecular flexibility index (Phi) is 1.96. The van der Waals surface area contributed by atoms with Crippen LogP contribution in [0.5, 0.6) is 0 Å². The lowest BCUT2D eigenvalue weighted by Gasteiger charge is -1.99. The SMILES string of the molecule is Cn1ccc(-c2ccc3cccnc3c2)n1. The van der Waals surface area contributed by atoms with E-state index in [1.54, 1.807) is 4.68 Å². The lowest BCUT2D eigenvalue weighted by Crippen LogP contribution is -1.88. The molecule has 0 fully saturated rings. The maximum atomic E-state index is 4.38. The summed E-state index contributed by atoms with van der Waals surface area (Å²) in [5.41, 5.74) is 3.09. The van der Waals surface area contributed by atoms with Crippen LogP contribution in [-0.4, -0.2) is 14.8 Å². The molecule has 0 radical (unpaired) electrons. The second-order valence-corrected chi connectivity index (χ2v) is 3.79. The molecule has 0 aliphatic heterocycles. The van der Waals surface area contributed by atoms with E-state index >= 15 is 0 Å². The summed E-state index contributed by atoms with van der Waals surface area (Å²) in [5.74, 6) is 0.